The predicted molar refractivity (Wildman–Crippen MR) is 101 cm³/mol. The Kier molecular flexibility index (Phi) is 5.78. The first-order chi connectivity index (χ1) is 12.6. The monoisotopic (exact) mass is 355 g/mol. The van der Waals surface area contributed by atoms with Gasteiger partial charge < -0.3 is 19.5 Å². The van der Waals surface area contributed by atoms with Crippen molar-refractivity contribution in [2.24, 2.45) is 0 Å². The molecule has 1 saturated heterocycles. The van der Waals surface area contributed by atoms with E-state index in [2.05, 4.69) is 24.0 Å². The molecule has 1 heterocycles. The summed E-state index contributed by atoms with van der Waals surface area (Å²) in [5.74, 6) is 0.0178. The van der Waals surface area contributed by atoms with Crippen molar-refractivity contribution in [2.45, 2.75) is 38.5 Å². The van der Waals surface area contributed by atoms with E-state index in [-0.39, 0.29) is 18.6 Å². The van der Waals surface area contributed by atoms with Gasteiger partial charge in [0.25, 0.3) is 0 Å². The van der Waals surface area contributed by atoms with E-state index in [0.29, 0.717) is 13.2 Å². The lowest BCUT2D eigenvalue weighted by atomic mass is 10.1. The van der Waals surface area contributed by atoms with Crippen LogP contribution in [0.1, 0.15) is 24.0 Å². The molecular formula is C21H25NO4. The fraction of sp³-hybridized carbons (Fsp3) is 0.381. The van der Waals surface area contributed by atoms with E-state index in [1.165, 1.54) is 11.1 Å². The number of hydrogen-bond donors (Lipinski definition) is 1. The quantitative estimate of drug-likeness (QED) is 0.822. The molecule has 2 aromatic carbocycles. The van der Waals surface area contributed by atoms with Gasteiger partial charge in [0.2, 0.25) is 0 Å². The van der Waals surface area contributed by atoms with Gasteiger partial charge in [0.05, 0.1) is 12.5 Å². The number of aryl methyl sites for hydroxylation is 1. The number of methoxy groups -OCH3 is 1. The van der Waals surface area contributed by atoms with Gasteiger partial charge in [-0.05, 0) is 48.7 Å². The summed E-state index contributed by atoms with van der Waals surface area (Å²) in [7, 11) is 1.68. The predicted octanol–water partition coefficient (Wildman–Crippen LogP) is 3.64. The smallest absolute Gasteiger partial charge is 0.305 e. The Balaban J connectivity index is 1.66. The maximum absolute atomic E-state index is 11.1. The molecule has 0 radical (unpaired) electrons. The third-order valence-electron chi connectivity index (χ3n) is 4.94. The molecule has 26 heavy (non-hydrogen) atoms. The molecule has 2 aromatic rings. The Morgan fingerprint density at radius 3 is 2.58 bits per heavy atom. The van der Waals surface area contributed by atoms with Crippen LogP contribution < -0.4 is 9.64 Å². The molecule has 3 rings (SSSR count). The number of nitrogens with zero attached hydrogens (tertiary/aromatic N) is 1. The molecule has 0 aliphatic carbocycles. The topological polar surface area (TPSA) is 59.0 Å². The highest BCUT2D eigenvalue weighted by Gasteiger charge is 2.33. The first-order valence-electron chi connectivity index (χ1n) is 8.85. The summed E-state index contributed by atoms with van der Waals surface area (Å²) in [6, 6.07) is 16.0. The summed E-state index contributed by atoms with van der Waals surface area (Å²) >= 11 is 0. The minimum Gasteiger partial charge on any atom is -0.489 e. The third kappa shape index (κ3) is 4.35. The molecule has 0 saturated carbocycles. The van der Waals surface area contributed by atoms with Crippen LogP contribution in [0.4, 0.5) is 5.69 Å². The number of carboxylic acid groups (broad SMARTS) is 1. The van der Waals surface area contributed by atoms with Gasteiger partial charge in [-0.2, -0.15) is 0 Å². The van der Waals surface area contributed by atoms with Crippen LogP contribution in [0.5, 0.6) is 5.75 Å². The Hall–Kier alpha value is -2.53. The van der Waals surface area contributed by atoms with Crippen LogP contribution in [-0.4, -0.2) is 36.9 Å². The highest BCUT2D eigenvalue weighted by Crippen LogP contribution is 2.30. The summed E-state index contributed by atoms with van der Waals surface area (Å²) in [4.78, 5) is 13.3. The SMILES string of the molecule is COC1CC(CC(=O)O)N(c2ccc(OCc3ccccc3C)cc2)C1. The third-order valence-corrected chi connectivity index (χ3v) is 4.94. The van der Waals surface area contributed by atoms with Crippen molar-refractivity contribution in [2.75, 3.05) is 18.6 Å². The average Bonchev–Trinajstić information content (AvgIpc) is 3.04. The number of carbonyl (C=O) groups is 1. The second-order valence-electron chi connectivity index (χ2n) is 6.71. The molecule has 0 spiro atoms. The molecule has 2 atom stereocenters. The summed E-state index contributed by atoms with van der Waals surface area (Å²) < 4.78 is 11.3. The van der Waals surface area contributed by atoms with E-state index in [0.717, 1.165) is 17.9 Å². The zero-order valence-electron chi connectivity index (χ0n) is 15.2. The lowest BCUT2D eigenvalue weighted by Crippen LogP contribution is -2.31. The van der Waals surface area contributed by atoms with Gasteiger partial charge in [-0.1, -0.05) is 24.3 Å². The van der Waals surface area contributed by atoms with Crippen molar-refractivity contribution in [3.05, 3.63) is 59.7 Å². The zero-order chi connectivity index (χ0) is 18.5. The van der Waals surface area contributed by atoms with E-state index in [4.69, 9.17) is 14.6 Å². The molecule has 5 nitrogen and oxygen atoms in total. The summed E-state index contributed by atoms with van der Waals surface area (Å²) in [6.45, 7) is 3.31. The minimum absolute atomic E-state index is 0.0452. The molecule has 1 aliphatic rings. The van der Waals surface area contributed by atoms with E-state index in [9.17, 15) is 4.79 Å². The van der Waals surface area contributed by atoms with E-state index in [1.807, 2.05) is 36.4 Å². The van der Waals surface area contributed by atoms with Crippen molar-refractivity contribution in [3.63, 3.8) is 0 Å². The molecule has 2 unspecified atom stereocenters. The van der Waals surface area contributed by atoms with Gasteiger partial charge >= 0.3 is 5.97 Å². The first kappa shape index (κ1) is 18.3. The summed E-state index contributed by atoms with van der Waals surface area (Å²) in [5.41, 5.74) is 3.38. The van der Waals surface area contributed by atoms with E-state index in [1.54, 1.807) is 7.11 Å². The van der Waals surface area contributed by atoms with Crippen molar-refractivity contribution < 1.29 is 19.4 Å². The number of ether oxygens (including phenoxy) is 2. The second kappa shape index (κ2) is 8.23. The number of hydrogen-bond acceptors (Lipinski definition) is 4. The van der Waals surface area contributed by atoms with Crippen LogP contribution in [0.3, 0.4) is 0 Å². The number of benzene rings is 2. The molecule has 0 amide bonds. The summed E-state index contributed by atoms with van der Waals surface area (Å²) in [6.07, 6.45) is 0.913. The molecule has 1 fully saturated rings. The number of rotatable bonds is 7. The van der Waals surface area contributed by atoms with Crippen molar-refractivity contribution in [1.82, 2.24) is 0 Å². The van der Waals surface area contributed by atoms with Gasteiger partial charge in [0.1, 0.15) is 12.4 Å². The van der Waals surface area contributed by atoms with Gasteiger partial charge in [-0.25, -0.2) is 0 Å². The largest absolute Gasteiger partial charge is 0.489 e. The van der Waals surface area contributed by atoms with Crippen LogP contribution in [0.25, 0.3) is 0 Å². The van der Waals surface area contributed by atoms with Gasteiger partial charge in [-0.15, -0.1) is 0 Å². The fourth-order valence-electron chi connectivity index (χ4n) is 3.42. The molecule has 5 heteroatoms. The van der Waals surface area contributed by atoms with Crippen molar-refractivity contribution >= 4 is 11.7 Å². The highest BCUT2D eigenvalue weighted by atomic mass is 16.5. The highest BCUT2D eigenvalue weighted by molar-refractivity contribution is 5.69. The van der Waals surface area contributed by atoms with Crippen LogP contribution >= 0.6 is 0 Å². The second-order valence-corrected chi connectivity index (χ2v) is 6.71. The number of anilines is 1. The van der Waals surface area contributed by atoms with E-state index >= 15 is 0 Å². The van der Waals surface area contributed by atoms with Crippen LogP contribution in [-0.2, 0) is 16.1 Å². The van der Waals surface area contributed by atoms with E-state index < -0.39 is 5.97 Å². The summed E-state index contributed by atoms with van der Waals surface area (Å²) in [5, 5.41) is 9.15. The van der Waals surface area contributed by atoms with Crippen molar-refractivity contribution in [3.8, 4) is 5.75 Å². The maximum atomic E-state index is 11.1. The fourth-order valence-corrected chi connectivity index (χ4v) is 3.42. The number of carboxylic acids is 1. The molecule has 1 N–H and O–H groups in total. The van der Waals surface area contributed by atoms with Gasteiger partial charge in [-0.3, -0.25) is 4.79 Å². The Morgan fingerprint density at radius 2 is 1.92 bits per heavy atom. The molecular weight excluding hydrogens is 330 g/mol. The molecule has 138 valence electrons. The molecule has 0 aromatic heterocycles. The average molecular weight is 355 g/mol. The molecule has 1 aliphatic heterocycles. The standard InChI is InChI=1S/C21H25NO4/c1-15-5-3-4-6-16(15)14-26-19-9-7-17(8-10-19)22-13-20(25-2)11-18(22)12-21(23)24/h3-10,18,20H,11-14H2,1-2H3,(H,23,24). The Morgan fingerprint density at radius 1 is 1.19 bits per heavy atom. The first-order valence-corrected chi connectivity index (χ1v) is 8.85. The minimum atomic E-state index is -0.782. The maximum Gasteiger partial charge on any atom is 0.305 e. The van der Waals surface area contributed by atoms with Crippen molar-refractivity contribution in [1.29, 1.82) is 0 Å². The lowest BCUT2D eigenvalue weighted by molar-refractivity contribution is -0.137. The van der Waals surface area contributed by atoms with Gasteiger partial charge in [0, 0.05) is 25.4 Å². The number of aliphatic carboxylic acids is 1. The lowest BCUT2D eigenvalue weighted by Gasteiger charge is -2.25. The zero-order valence-corrected chi connectivity index (χ0v) is 15.2. The Bertz CT molecular complexity index is 744. The van der Waals surface area contributed by atoms with Crippen LogP contribution in [0.15, 0.2) is 48.5 Å². The van der Waals surface area contributed by atoms with Crippen LogP contribution in [0, 0.1) is 6.92 Å². The molecule has 0 bridgehead atoms. The Labute approximate surface area is 154 Å². The van der Waals surface area contributed by atoms with Gasteiger partial charge in [0.15, 0.2) is 0 Å². The van der Waals surface area contributed by atoms with Crippen LogP contribution in [0.2, 0.25) is 0 Å². The normalized spacial score (nSPS) is 19.5.